The van der Waals surface area contributed by atoms with E-state index in [-0.39, 0.29) is 5.97 Å². The van der Waals surface area contributed by atoms with Gasteiger partial charge in [-0.05, 0) is 24.3 Å². The minimum Gasteiger partial charge on any atom is -0.391 e. The molecule has 0 unspecified atom stereocenters. The molecule has 1 aromatic heterocycles. The fourth-order valence-electron chi connectivity index (χ4n) is 1.22. The highest BCUT2D eigenvalue weighted by Crippen LogP contribution is 2.15. The molecule has 0 fully saturated rings. The van der Waals surface area contributed by atoms with Gasteiger partial charge in [0, 0.05) is 17.1 Å². The van der Waals surface area contributed by atoms with E-state index in [0.29, 0.717) is 5.56 Å². The number of carbonyl (C=O) groups is 1. The number of nitrogens with one attached hydrogen (secondary N) is 1. The number of carbonyl (C=O) groups excluding carboxylic acids is 1. The molecule has 0 aliphatic carbocycles. The Kier molecular flexibility index (Phi) is 2.22. The largest absolute Gasteiger partial charge is 0.391 e. The molecule has 66 valence electrons. The fourth-order valence-corrected chi connectivity index (χ4v) is 1.48. The molecule has 0 bridgehead atoms. The number of benzene rings is 1. The predicted molar refractivity (Wildman–Crippen MR) is 57.7 cm³/mol. The van der Waals surface area contributed by atoms with Gasteiger partial charge in [0.25, 0.3) is 0 Å². The van der Waals surface area contributed by atoms with E-state index >= 15 is 0 Å². The summed E-state index contributed by atoms with van der Waals surface area (Å²) < 4.78 is 4.58. The molecular formula is C9H6INO2. The number of hydrogen-bond acceptors (Lipinski definition) is 2. The van der Waals surface area contributed by atoms with Crippen LogP contribution in [0, 0.1) is 0 Å². The number of H-pyrrole nitrogens is 1. The summed E-state index contributed by atoms with van der Waals surface area (Å²) in [5.41, 5.74) is 1.59. The first-order valence-corrected chi connectivity index (χ1v) is 4.59. The number of rotatable bonds is 1. The molecule has 0 aliphatic rings. The molecule has 13 heavy (non-hydrogen) atoms. The van der Waals surface area contributed by atoms with Crippen LogP contribution in [0.2, 0.25) is 0 Å². The lowest BCUT2D eigenvalue weighted by Crippen LogP contribution is -1.96. The zero-order valence-corrected chi connectivity index (χ0v) is 8.74. The fraction of sp³-hybridized carbons (Fsp3) is 0. The first kappa shape index (κ1) is 8.55. The monoisotopic (exact) mass is 287 g/mol. The number of aromatic nitrogens is 1. The first-order valence-electron chi connectivity index (χ1n) is 3.71. The van der Waals surface area contributed by atoms with Crippen LogP contribution < -0.4 is 0 Å². The highest BCUT2D eigenvalue weighted by molar-refractivity contribution is 14.1. The van der Waals surface area contributed by atoms with Gasteiger partial charge in [-0.1, -0.05) is 0 Å². The van der Waals surface area contributed by atoms with E-state index in [9.17, 15) is 4.79 Å². The Balaban J connectivity index is 2.54. The normalized spacial score (nSPS) is 10.2. The van der Waals surface area contributed by atoms with Crippen molar-refractivity contribution in [3.8, 4) is 0 Å². The molecular weight excluding hydrogens is 281 g/mol. The van der Waals surface area contributed by atoms with Gasteiger partial charge in [0.1, 0.15) is 0 Å². The maximum Gasteiger partial charge on any atom is 0.347 e. The summed E-state index contributed by atoms with van der Waals surface area (Å²) in [6.07, 6.45) is 1.84. The van der Waals surface area contributed by atoms with Crippen molar-refractivity contribution in [3.63, 3.8) is 0 Å². The Morgan fingerprint density at radius 1 is 1.38 bits per heavy atom. The van der Waals surface area contributed by atoms with E-state index in [4.69, 9.17) is 0 Å². The second kappa shape index (κ2) is 3.37. The van der Waals surface area contributed by atoms with Gasteiger partial charge in [0.15, 0.2) is 23.0 Å². The van der Waals surface area contributed by atoms with Gasteiger partial charge < -0.3 is 8.05 Å². The van der Waals surface area contributed by atoms with Gasteiger partial charge in [0.05, 0.1) is 5.56 Å². The zero-order valence-electron chi connectivity index (χ0n) is 6.58. The molecule has 0 spiro atoms. The van der Waals surface area contributed by atoms with Crippen molar-refractivity contribution >= 4 is 39.9 Å². The van der Waals surface area contributed by atoms with Gasteiger partial charge in [-0.2, -0.15) is 0 Å². The van der Waals surface area contributed by atoms with Crippen molar-refractivity contribution in [2.24, 2.45) is 0 Å². The molecule has 0 atom stereocenters. The number of hydrogen-bond donors (Lipinski definition) is 1. The van der Waals surface area contributed by atoms with Crippen LogP contribution in [0.5, 0.6) is 0 Å². The molecule has 1 aromatic carbocycles. The van der Waals surface area contributed by atoms with E-state index in [1.165, 1.54) is 0 Å². The molecule has 0 amide bonds. The molecule has 4 heteroatoms. The third kappa shape index (κ3) is 1.53. The van der Waals surface area contributed by atoms with Crippen molar-refractivity contribution in [2.75, 3.05) is 0 Å². The van der Waals surface area contributed by atoms with Gasteiger partial charge in [-0.15, -0.1) is 0 Å². The molecule has 0 aliphatic heterocycles. The van der Waals surface area contributed by atoms with Crippen LogP contribution in [0.15, 0.2) is 30.5 Å². The van der Waals surface area contributed by atoms with E-state index in [1.807, 2.05) is 18.3 Å². The minimum atomic E-state index is -0.316. The molecule has 1 heterocycles. The van der Waals surface area contributed by atoms with Crippen LogP contribution in [-0.2, 0) is 3.07 Å². The lowest BCUT2D eigenvalue weighted by Gasteiger charge is -1.96. The van der Waals surface area contributed by atoms with Crippen molar-refractivity contribution in [3.05, 3.63) is 36.0 Å². The summed E-state index contributed by atoms with van der Waals surface area (Å²) in [6, 6.07) is 7.31. The Bertz CT molecular complexity index is 450. The average molecular weight is 287 g/mol. The predicted octanol–water partition coefficient (Wildman–Crippen LogP) is 2.67. The van der Waals surface area contributed by atoms with Crippen LogP contribution in [0.3, 0.4) is 0 Å². The minimum absolute atomic E-state index is 0.316. The molecule has 0 saturated heterocycles. The van der Waals surface area contributed by atoms with Crippen molar-refractivity contribution in [1.29, 1.82) is 0 Å². The molecule has 0 radical (unpaired) electrons. The lowest BCUT2D eigenvalue weighted by atomic mass is 10.1. The second-order valence-electron chi connectivity index (χ2n) is 2.64. The van der Waals surface area contributed by atoms with Crippen LogP contribution in [0.25, 0.3) is 10.9 Å². The van der Waals surface area contributed by atoms with E-state index in [1.54, 1.807) is 35.1 Å². The molecule has 3 nitrogen and oxygen atoms in total. The SMILES string of the molecule is O=C(OI)c1ccc2[nH]ccc2c1. The van der Waals surface area contributed by atoms with Crippen LogP contribution in [-0.4, -0.2) is 11.0 Å². The van der Waals surface area contributed by atoms with Crippen molar-refractivity contribution in [2.45, 2.75) is 0 Å². The highest BCUT2D eigenvalue weighted by Gasteiger charge is 2.06. The molecule has 0 saturated carbocycles. The average Bonchev–Trinajstić information content (AvgIpc) is 2.63. The number of halogens is 1. The number of fused-ring (bicyclic) bond motifs is 1. The topological polar surface area (TPSA) is 42.1 Å². The summed E-state index contributed by atoms with van der Waals surface area (Å²) in [7, 11) is 0. The Labute approximate surface area is 88.8 Å². The van der Waals surface area contributed by atoms with E-state index in [2.05, 4.69) is 8.05 Å². The third-order valence-electron chi connectivity index (χ3n) is 1.86. The van der Waals surface area contributed by atoms with Gasteiger partial charge in [0.2, 0.25) is 0 Å². The maximum absolute atomic E-state index is 11.1. The Morgan fingerprint density at radius 3 is 3.00 bits per heavy atom. The highest BCUT2D eigenvalue weighted by atomic mass is 127. The Hall–Kier alpha value is -1.04. The molecule has 1 N–H and O–H groups in total. The van der Waals surface area contributed by atoms with E-state index in [0.717, 1.165) is 10.9 Å². The smallest absolute Gasteiger partial charge is 0.347 e. The molecule has 2 aromatic rings. The van der Waals surface area contributed by atoms with Crippen molar-refractivity contribution < 1.29 is 7.86 Å². The van der Waals surface area contributed by atoms with Crippen LogP contribution >= 0.6 is 23.0 Å². The summed E-state index contributed by atoms with van der Waals surface area (Å²) in [5, 5.41) is 1.01. The summed E-state index contributed by atoms with van der Waals surface area (Å²) in [6.45, 7) is 0. The summed E-state index contributed by atoms with van der Waals surface area (Å²) >= 11 is 1.58. The third-order valence-corrected chi connectivity index (χ3v) is 2.26. The van der Waals surface area contributed by atoms with Gasteiger partial charge in [-0.25, -0.2) is 4.79 Å². The Morgan fingerprint density at radius 2 is 2.23 bits per heavy atom. The lowest BCUT2D eigenvalue weighted by molar-refractivity contribution is 0.0800. The zero-order chi connectivity index (χ0) is 9.26. The number of aromatic amines is 1. The second-order valence-corrected chi connectivity index (χ2v) is 3.08. The van der Waals surface area contributed by atoms with Crippen LogP contribution in [0.4, 0.5) is 0 Å². The standard InChI is InChI=1S/C9H6INO2/c10-13-9(12)7-1-2-8-6(5-7)3-4-11-8/h1-5,11H. The van der Waals surface area contributed by atoms with E-state index < -0.39 is 0 Å². The van der Waals surface area contributed by atoms with Gasteiger partial charge in [-0.3, -0.25) is 0 Å². The first-order chi connectivity index (χ1) is 6.31. The molecule has 2 rings (SSSR count). The maximum atomic E-state index is 11.1. The van der Waals surface area contributed by atoms with Crippen molar-refractivity contribution in [1.82, 2.24) is 4.98 Å². The summed E-state index contributed by atoms with van der Waals surface area (Å²) in [5.74, 6) is -0.316. The quantitative estimate of drug-likeness (QED) is 0.819. The van der Waals surface area contributed by atoms with Crippen LogP contribution in [0.1, 0.15) is 10.4 Å². The van der Waals surface area contributed by atoms with Gasteiger partial charge >= 0.3 is 5.97 Å². The summed E-state index contributed by atoms with van der Waals surface area (Å²) in [4.78, 5) is 14.2.